The summed E-state index contributed by atoms with van der Waals surface area (Å²) >= 11 is 0. The second kappa shape index (κ2) is 5.81. The summed E-state index contributed by atoms with van der Waals surface area (Å²) in [6.45, 7) is 0. The number of aromatic amines is 1. The van der Waals surface area contributed by atoms with Crippen LogP contribution in [0.1, 0.15) is 11.1 Å². The van der Waals surface area contributed by atoms with Crippen LogP contribution in [0.25, 0.3) is 22.2 Å². The highest BCUT2D eigenvalue weighted by molar-refractivity contribution is 5.85. The number of pyridine rings is 1. The Morgan fingerprint density at radius 3 is 2.67 bits per heavy atom. The first kappa shape index (κ1) is 14.5. The fourth-order valence-electron chi connectivity index (χ4n) is 2.93. The van der Waals surface area contributed by atoms with Gasteiger partial charge in [-0.05, 0) is 41.0 Å². The number of hydrogen-bond acceptors (Lipinski definition) is 2. The molecule has 0 atom stereocenters. The first-order valence-corrected chi connectivity index (χ1v) is 7.76. The molecule has 0 radical (unpaired) electrons. The van der Waals surface area contributed by atoms with Crippen molar-refractivity contribution >= 4 is 16.7 Å². The number of fused-ring (bicyclic) bond motifs is 1. The van der Waals surface area contributed by atoms with Gasteiger partial charge in [-0.25, -0.2) is 9.37 Å². The molecule has 0 saturated carbocycles. The van der Waals surface area contributed by atoms with Crippen LogP contribution < -0.4 is 5.73 Å². The third-order valence-electron chi connectivity index (χ3n) is 4.18. The van der Waals surface area contributed by atoms with Crippen molar-refractivity contribution in [1.29, 1.82) is 0 Å². The Labute approximate surface area is 139 Å². The van der Waals surface area contributed by atoms with Crippen molar-refractivity contribution in [3.05, 3.63) is 83.9 Å². The van der Waals surface area contributed by atoms with E-state index < -0.39 is 0 Å². The van der Waals surface area contributed by atoms with E-state index >= 15 is 0 Å². The quantitative estimate of drug-likeness (QED) is 0.545. The summed E-state index contributed by atoms with van der Waals surface area (Å²) in [5, 5.41) is 0.998. The Bertz CT molecular complexity index is 1020. The van der Waals surface area contributed by atoms with Crippen LogP contribution >= 0.6 is 0 Å². The normalized spacial score (nSPS) is 11.0. The Morgan fingerprint density at radius 1 is 0.958 bits per heavy atom. The molecule has 0 bridgehead atoms. The predicted molar refractivity (Wildman–Crippen MR) is 95.1 cm³/mol. The summed E-state index contributed by atoms with van der Waals surface area (Å²) in [6, 6.07) is 16.6. The molecular weight excluding hydrogens is 301 g/mol. The molecule has 0 spiro atoms. The topological polar surface area (TPSA) is 54.7 Å². The van der Waals surface area contributed by atoms with Crippen LogP contribution in [-0.4, -0.2) is 9.97 Å². The van der Waals surface area contributed by atoms with E-state index in [9.17, 15) is 4.39 Å². The minimum Gasteiger partial charge on any atom is -0.399 e. The highest BCUT2D eigenvalue weighted by atomic mass is 19.1. The van der Waals surface area contributed by atoms with Crippen molar-refractivity contribution in [2.24, 2.45) is 0 Å². The lowest BCUT2D eigenvalue weighted by Gasteiger charge is -2.05. The zero-order valence-corrected chi connectivity index (χ0v) is 13.0. The van der Waals surface area contributed by atoms with E-state index in [0.29, 0.717) is 17.7 Å². The van der Waals surface area contributed by atoms with Crippen molar-refractivity contribution in [2.75, 3.05) is 5.73 Å². The highest BCUT2D eigenvalue weighted by Crippen LogP contribution is 2.27. The summed E-state index contributed by atoms with van der Waals surface area (Å²) in [5.74, 6) is -0.188. The molecule has 2 aromatic carbocycles. The molecule has 0 aliphatic carbocycles. The van der Waals surface area contributed by atoms with Gasteiger partial charge in [0.05, 0.1) is 0 Å². The van der Waals surface area contributed by atoms with Crippen molar-refractivity contribution in [3.8, 4) is 11.1 Å². The Balaban J connectivity index is 1.78. The van der Waals surface area contributed by atoms with Crippen LogP contribution in [-0.2, 0) is 6.42 Å². The van der Waals surface area contributed by atoms with Crippen LogP contribution in [0.2, 0.25) is 0 Å². The molecule has 0 saturated heterocycles. The van der Waals surface area contributed by atoms with Gasteiger partial charge >= 0.3 is 0 Å². The zero-order valence-electron chi connectivity index (χ0n) is 13.0. The molecule has 0 amide bonds. The molecule has 0 unspecified atom stereocenters. The first-order valence-electron chi connectivity index (χ1n) is 7.76. The van der Waals surface area contributed by atoms with Gasteiger partial charge in [0.1, 0.15) is 11.5 Å². The number of H-pyrrole nitrogens is 1. The van der Waals surface area contributed by atoms with Crippen molar-refractivity contribution in [1.82, 2.24) is 9.97 Å². The first-order chi connectivity index (χ1) is 11.7. The second-order valence-corrected chi connectivity index (χ2v) is 5.83. The molecule has 0 aliphatic rings. The van der Waals surface area contributed by atoms with Gasteiger partial charge in [0, 0.05) is 35.5 Å². The number of halogens is 1. The van der Waals surface area contributed by atoms with E-state index in [-0.39, 0.29) is 5.82 Å². The molecule has 3 nitrogen and oxygen atoms in total. The number of aromatic nitrogens is 2. The van der Waals surface area contributed by atoms with Crippen LogP contribution in [0.15, 0.2) is 67.0 Å². The van der Waals surface area contributed by atoms with Gasteiger partial charge in [-0.1, -0.05) is 30.3 Å². The molecule has 4 heteroatoms. The minimum absolute atomic E-state index is 0.188. The summed E-state index contributed by atoms with van der Waals surface area (Å²) in [5.41, 5.74) is 11.1. The number of nitrogen functional groups attached to an aromatic ring is 1. The standard InChI is InChI=1S/C20H16FN3/c21-19-7-2-1-4-14(19)8-16-12-24-20-18(16)10-15(11-23-20)13-5-3-6-17(22)9-13/h1-7,9-12H,8,22H2,(H,23,24). The zero-order chi connectivity index (χ0) is 16.5. The monoisotopic (exact) mass is 317 g/mol. The summed E-state index contributed by atoms with van der Waals surface area (Å²) in [7, 11) is 0. The van der Waals surface area contributed by atoms with Crippen LogP contribution in [0, 0.1) is 5.82 Å². The van der Waals surface area contributed by atoms with E-state index in [1.54, 1.807) is 6.07 Å². The van der Waals surface area contributed by atoms with Crippen molar-refractivity contribution in [2.45, 2.75) is 6.42 Å². The number of anilines is 1. The minimum atomic E-state index is -0.188. The van der Waals surface area contributed by atoms with Gasteiger partial charge in [0.25, 0.3) is 0 Å². The van der Waals surface area contributed by atoms with E-state index in [0.717, 1.165) is 27.7 Å². The number of benzene rings is 2. The summed E-state index contributed by atoms with van der Waals surface area (Å²) in [6.07, 6.45) is 4.24. The lowest BCUT2D eigenvalue weighted by molar-refractivity contribution is 0.614. The van der Waals surface area contributed by atoms with Crippen LogP contribution in [0.5, 0.6) is 0 Å². The van der Waals surface area contributed by atoms with E-state index in [2.05, 4.69) is 16.0 Å². The van der Waals surface area contributed by atoms with Gasteiger partial charge < -0.3 is 10.7 Å². The highest BCUT2D eigenvalue weighted by Gasteiger charge is 2.10. The van der Waals surface area contributed by atoms with Crippen LogP contribution in [0.3, 0.4) is 0 Å². The average Bonchev–Trinajstić information content (AvgIpc) is 2.99. The molecule has 24 heavy (non-hydrogen) atoms. The van der Waals surface area contributed by atoms with Gasteiger partial charge in [-0.2, -0.15) is 0 Å². The lowest BCUT2D eigenvalue weighted by atomic mass is 10.0. The Morgan fingerprint density at radius 2 is 1.83 bits per heavy atom. The number of hydrogen-bond donors (Lipinski definition) is 2. The SMILES string of the molecule is Nc1cccc(-c2cnc3[nH]cc(Cc4ccccc4F)c3c2)c1. The molecule has 4 aromatic rings. The molecular formula is C20H16FN3. The molecule has 4 rings (SSSR count). The largest absolute Gasteiger partial charge is 0.399 e. The maximum Gasteiger partial charge on any atom is 0.137 e. The molecule has 118 valence electrons. The predicted octanol–water partition coefficient (Wildman–Crippen LogP) is 4.54. The molecule has 3 N–H and O–H groups in total. The lowest BCUT2D eigenvalue weighted by Crippen LogP contribution is -1.91. The van der Waals surface area contributed by atoms with Gasteiger partial charge in [0.15, 0.2) is 0 Å². The Hall–Kier alpha value is -3.14. The molecule has 2 heterocycles. The number of nitrogens with two attached hydrogens (primary N) is 1. The van der Waals surface area contributed by atoms with Gasteiger partial charge in [-0.15, -0.1) is 0 Å². The maximum absolute atomic E-state index is 13.9. The summed E-state index contributed by atoms with van der Waals surface area (Å²) in [4.78, 5) is 7.64. The molecule has 2 aromatic heterocycles. The number of nitrogens with zero attached hydrogens (tertiary/aromatic N) is 1. The average molecular weight is 317 g/mol. The van der Waals surface area contributed by atoms with E-state index in [1.165, 1.54) is 6.07 Å². The molecule has 0 fully saturated rings. The van der Waals surface area contributed by atoms with E-state index in [1.807, 2.05) is 48.8 Å². The second-order valence-electron chi connectivity index (χ2n) is 5.83. The third-order valence-corrected chi connectivity index (χ3v) is 4.18. The molecule has 0 aliphatic heterocycles. The maximum atomic E-state index is 13.9. The van der Waals surface area contributed by atoms with Crippen LogP contribution in [0.4, 0.5) is 10.1 Å². The Kier molecular flexibility index (Phi) is 3.50. The summed E-state index contributed by atoms with van der Waals surface area (Å²) < 4.78 is 13.9. The number of rotatable bonds is 3. The van der Waals surface area contributed by atoms with E-state index in [4.69, 9.17) is 5.73 Å². The van der Waals surface area contributed by atoms with Crippen molar-refractivity contribution < 1.29 is 4.39 Å². The third kappa shape index (κ3) is 2.63. The van der Waals surface area contributed by atoms with Gasteiger partial charge in [-0.3, -0.25) is 0 Å². The smallest absolute Gasteiger partial charge is 0.137 e. The van der Waals surface area contributed by atoms with Crippen molar-refractivity contribution in [3.63, 3.8) is 0 Å². The fraction of sp³-hybridized carbons (Fsp3) is 0.0500. The number of nitrogens with one attached hydrogen (secondary N) is 1. The fourth-order valence-corrected chi connectivity index (χ4v) is 2.93. The van der Waals surface area contributed by atoms with Gasteiger partial charge in [0.2, 0.25) is 0 Å².